The number of carboxylic acid groups (broad SMARTS) is 1. The Morgan fingerprint density at radius 1 is 1.53 bits per heavy atom. The second-order valence-corrected chi connectivity index (χ2v) is 4.94. The summed E-state index contributed by atoms with van der Waals surface area (Å²) in [7, 11) is 0. The molecule has 1 aliphatic carbocycles. The lowest BCUT2D eigenvalue weighted by Crippen LogP contribution is -2.12. The van der Waals surface area contributed by atoms with Gasteiger partial charge in [0.15, 0.2) is 0 Å². The van der Waals surface area contributed by atoms with Crippen molar-refractivity contribution in [2.45, 2.75) is 32.7 Å². The summed E-state index contributed by atoms with van der Waals surface area (Å²) in [6, 6.07) is -0.0107. The lowest BCUT2D eigenvalue weighted by molar-refractivity contribution is -0.138. The summed E-state index contributed by atoms with van der Waals surface area (Å²) in [5.74, 6) is 0.0661. The third-order valence-electron chi connectivity index (χ3n) is 2.77. The van der Waals surface area contributed by atoms with Gasteiger partial charge >= 0.3 is 5.97 Å². The number of hydrogen-bond acceptors (Lipinski definition) is 4. The molecule has 0 spiro atoms. The van der Waals surface area contributed by atoms with Crippen molar-refractivity contribution >= 4 is 11.9 Å². The molecular formula is C12H17N3O2. The van der Waals surface area contributed by atoms with E-state index < -0.39 is 5.97 Å². The highest BCUT2D eigenvalue weighted by atomic mass is 16.4. The lowest BCUT2D eigenvalue weighted by Gasteiger charge is -2.06. The molecular weight excluding hydrogens is 218 g/mol. The molecule has 0 saturated heterocycles. The summed E-state index contributed by atoms with van der Waals surface area (Å²) in [5, 5.41) is 11.8. The van der Waals surface area contributed by atoms with Crippen molar-refractivity contribution < 1.29 is 9.90 Å². The van der Waals surface area contributed by atoms with Gasteiger partial charge in [0.2, 0.25) is 5.95 Å². The van der Waals surface area contributed by atoms with Crippen LogP contribution in [0, 0.1) is 11.8 Å². The number of carbonyl (C=O) groups is 1. The highest BCUT2D eigenvalue weighted by molar-refractivity contribution is 5.75. The van der Waals surface area contributed by atoms with Gasteiger partial charge in [0.1, 0.15) is 0 Å². The van der Waals surface area contributed by atoms with Crippen LogP contribution in [0.25, 0.3) is 0 Å². The van der Waals surface area contributed by atoms with Crippen LogP contribution in [-0.4, -0.2) is 27.1 Å². The number of nitrogens with zero attached hydrogens (tertiary/aromatic N) is 2. The monoisotopic (exact) mass is 235 g/mol. The quantitative estimate of drug-likeness (QED) is 0.810. The van der Waals surface area contributed by atoms with E-state index in [0.717, 1.165) is 12.0 Å². The smallest absolute Gasteiger partial charge is 0.308 e. The van der Waals surface area contributed by atoms with E-state index in [0.29, 0.717) is 18.3 Å². The first-order valence-corrected chi connectivity index (χ1v) is 5.86. The van der Waals surface area contributed by atoms with E-state index in [9.17, 15) is 4.79 Å². The third kappa shape index (κ3) is 3.15. The Hall–Kier alpha value is -1.65. The Kier molecular flexibility index (Phi) is 3.26. The summed E-state index contributed by atoms with van der Waals surface area (Å²) in [6.45, 7) is 4.29. The standard InChI is InChI=1S/C12H17N3O2/c1-7(2)3-8-5-13-12(14-6-8)15-10-4-9(10)11(16)17/h5-7,9-10H,3-4H2,1-2H3,(H,16,17)(H,13,14,15). The van der Waals surface area contributed by atoms with Crippen LogP contribution >= 0.6 is 0 Å². The average molecular weight is 235 g/mol. The predicted molar refractivity (Wildman–Crippen MR) is 63.7 cm³/mol. The maximum absolute atomic E-state index is 10.7. The first-order valence-electron chi connectivity index (χ1n) is 5.86. The van der Waals surface area contributed by atoms with Crippen molar-refractivity contribution in [3.8, 4) is 0 Å². The molecule has 1 saturated carbocycles. The van der Waals surface area contributed by atoms with Gasteiger partial charge in [-0.25, -0.2) is 9.97 Å². The summed E-state index contributed by atoms with van der Waals surface area (Å²) in [4.78, 5) is 19.0. The molecule has 0 amide bonds. The van der Waals surface area contributed by atoms with Crippen molar-refractivity contribution in [2.24, 2.45) is 11.8 Å². The van der Waals surface area contributed by atoms with Gasteiger partial charge < -0.3 is 10.4 Å². The molecule has 92 valence electrons. The predicted octanol–water partition coefficient (Wildman–Crippen LogP) is 1.56. The zero-order valence-electron chi connectivity index (χ0n) is 10.1. The molecule has 2 atom stereocenters. The van der Waals surface area contributed by atoms with E-state index in [1.165, 1.54) is 0 Å². The van der Waals surface area contributed by atoms with E-state index in [1.54, 1.807) is 12.4 Å². The molecule has 1 heterocycles. The molecule has 17 heavy (non-hydrogen) atoms. The molecule has 1 aromatic rings. The average Bonchev–Trinajstić information content (AvgIpc) is 3.00. The van der Waals surface area contributed by atoms with Crippen LogP contribution in [0.4, 0.5) is 5.95 Å². The Labute approximate surface area is 100 Å². The molecule has 1 aliphatic rings. The molecule has 1 fully saturated rings. The van der Waals surface area contributed by atoms with Crippen LogP contribution < -0.4 is 5.32 Å². The molecule has 2 rings (SSSR count). The van der Waals surface area contributed by atoms with Crippen LogP contribution in [0.2, 0.25) is 0 Å². The number of aliphatic carboxylic acids is 1. The molecule has 0 aromatic carbocycles. The zero-order chi connectivity index (χ0) is 12.4. The van der Waals surface area contributed by atoms with Crippen molar-refractivity contribution in [1.29, 1.82) is 0 Å². The van der Waals surface area contributed by atoms with Gasteiger partial charge in [-0.3, -0.25) is 4.79 Å². The normalized spacial score (nSPS) is 22.5. The van der Waals surface area contributed by atoms with Gasteiger partial charge in [-0.05, 0) is 24.3 Å². The number of aromatic nitrogens is 2. The molecule has 2 unspecified atom stereocenters. The van der Waals surface area contributed by atoms with Gasteiger partial charge in [0.05, 0.1) is 5.92 Å². The fourth-order valence-corrected chi connectivity index (χ4v) is 1.80. The van der Waals surface area contributed by atoms with Crippen molar-refractivity contribution in [2.75, 3.05) is 5.32 Å². The van der Waals surface area contributed by atoms with Crippen LogP contribution in [0.3, 0.4) is 0 Å². The number of anilines is 1. The second-order valence-electron chi connectivity index (χ2n) is 4.94. The van der Waals surface area contributed by atoms with E-state index in [2.05, 4.69) is 29.1 Å². The van der Waals surface area contributed by atoms with Gasteiger partial charge in [0, 0.05) is 18.4 Å². The summed E-state index contributed by atoms with van der Waals surface area (Å²) < 4.78 is 0. The minimum Gasteiger partial charge on any atom is -0.481 e. The third-order valence-corrected chi connectivity index (χ3v) is 2.77. The minimum absolute atomic E-state index is 0.0107. The van der Waals surface area contributed by atoms with Crippen LogP contribution in [0.5, 0.6) is 0 Å². The van der Waals surface area contributed by atoms with Gasteiger partial charge in [0.25, 0.3) is 0 Å². The fraction of sp³-hybridized carbons (Fsp3) is 0.583. The zero-order valence-corrected chi connectivity index (χ0v) is 10.1. The molecule has 5 heteroatoms. The van der Waals surface area contributed by atoms with Gasteiger partial charge in [-0.2, -0.15) is 0 Å². The van der Waals surface area contributed by atoms with Crippen molar-refractivity contribution in [3.63, 3.8) is 0 Å². The molecule has 0 radical (unpaired) electrons. The first-order chi connectivity index (χ1) is 8.06. The van der Waals surface area contributed by atoms with Gasteiger partial charge in [-0.15, -0.1) is 0 Å². The molecule has 0 aliphatic heterocycles. The van der Waals surface area contributed by atoms with E-state index in [-0.39, 0.29) is 12.0 Å². The fourth-order valence-electron chi connectivity index (χ4n) is 1.80. The Morgan fingerprint density at radius 3 is 2.65 bits per heavy atom. The summed E-state index contributed by atoms with van der Waals surface area (Å²) in [5.41, 5.74) is 1.11. The maximum atomic E-state index is 10.7. The minimum atomic E-state index is -0.751. The largest absolute Gasteiger partial charge is 0.481 e. The Morgan fingerprint density at radius 2 is 2.18 bits per heavy atom. The highest BCUT2D eigenvalue weighted by Crippen LogP contribution is 2.32. The Balaban J connectivity index is 1.89. The number of nitrogens with one attached hydrogen (secondary N) is 1. The van der Waals surface area contributed by atoms with E-state index >= 15 is 0 Å². The number of hydrogen-bond donors (Lipinski definition) is 2. The molecule has 5 nitrogen and oxygen atoms in total. The van der Waals surface area contributed by atoms with Crippen molar-refractivity contribution in [3.05, 3.63) is 18.0 Å². The second kappa shape index (κ2) is 4.69. The van der Waals surface area contributed by atoms with Crippen LogP contribution in [0.1, 0.15) is 25.8 Å². The molecule has 0 bridgehead atoms. The van der Waals surface area contributed by atoms with E-state index in [4.69, 9.17) is 5.11 Å². The number of carboxylic acids is 1. The SMILES string of the molecule is CC(C)Cc1cnc(NC2CC2C(=O)O)nc1. The first kappa shape index (κ1) is 11.8. The highest BCUT2D eigenvalue weighted by Gasteiger charge is 2.43. The summed E-state index contributed by atoms with van der Waals surface area (Å²) in [6.07, 6.45) is 5.22. The summed E-state index contributed by atoms with van der Waals surface area (Å²) >= 11 is 0. The van der Waals surface area contributed by atoms with Crippen LogP contribution in [-0.2, 0) is 11.2 Å². The van der Waals surface area contributed by atoms with E-state index in [1.807, 2.05) is 0 Å². The molecule has 2 N–H and O–H groups in total. The number of rotatable bonds is 5. The topological polar surface area (TPSA) is 75.1 Å². The lowest BCUT2D eigenvalue weighted by atomic mass is 10.1. The Bertz CT molecular complexity index is 403. The molecule has 1 aromatic heterocycles. The van der Waals surface area contributed by atoms with Crippen molar-refractivity contribution in [1.82, 2.24) is 9.97 Å². The maximum Gasteiger partial charge on any atom is 0.308 e. The van der Waals surface area contributed by atoms with Crippen LogP contribution in [0.15, 0.2) is 12.4 Å². The van der Waals surface area contributed by atoms with Gasteiger partial charge in [-0.1, -0.05) is 13.8 Å².